The Morgan fingerprint density at radius 2 is 1.65 bits per heavy atom. The minimum absolute atomic E-state index is 0.111. The molecule has 0 fully saturated rings. The lowest BCUT2D eigenvalue weighted by Crippen LogP contribution is -2.35. The molecule has 3 aromatic heterocycles. The molecule has 4 aromatic rings. The van der Waals surface area contributed by atoms with Gasteiger partial charge in [-0.3, -0.25) is 14.2 Å². The van der Waals surface area contributed by atoms with Crippen molar-refractivity contribution in [3.8, 4) is 11.4 Å². The first-order valence-corrected chi connectivity index (χ1v) is 18.3. The molecule has 0 saturated heterocycles. The molecule has 0 radical (unpaired) electrons. The summed E-state index contributed by atoms with van der Waals surface area (Å²) in [5.74, 6) is -1.43. The van der Waals surface area contributed by atoms with Crippen LogP contribution in [0.4, 0.5) is 36.4 Å². The predicted octanol–water partition coefficient (Wildman–Crippen LogP) is 5.47. The Bertz CT molecular complexity index is 1950. The van der Waals surface area contributed by atoms with Gasteiger partial charge in [-0.25, -0.2) is 23.8 Å². The van der Waals surface area contributed by atoms with Gasteiger partial charge in [-0.2, -0.15) is 31.4 Å². The van der Waals surface area contributed by atoms with Gasteiger partial charge in [0, 0.05) is 39.7 Å². The second-order valence-electron chi connectivity index (χ2n) is 12.3. The minimum Gasteiger partial charge on any atom is -0.381 e. The molecule has 19 heteroatoms. The van der Waals surface area contributed by atoms with Gasteiger partial charge in [0.2, 0.25) is 0 Å². The van der Waals surface area contributed by atoms with Gasteiger partial charge in [-0.1, -0.05) is 19.6 Å². The number of nitrogens with zero attached hydrogens (tertiary/aromatic N) is 5. The van der Waals surface area contributed by atoms with Crippen LogP contribution in [0.5, 0.6) is 0 Å². The normalized spacial score (nSPS) is 13.2. The van der Waals surface area contributed by atoms with Gasteiger partial charge < -0.3 is 15.0 Å². The Labute approximate surface area is 268 Å². The standard InChI is InChI=1S/C29H32F7N7O4Si/c1-16(40-22-14-39-43(15-47-8-9-48(2,3)4)26(45)23(22)29(34,35)36)6-5-7-42-25(44)19-10-20(30)18(11-21(19)41-27(42)46)24-37-12-17(13-38-24)28(31,32)33/h10-14,16,40H,5-9,15H2,1-4H3,(H,41,46). The van der Waals surface area contributed by atoms with Crippen LogP contribution in [0.15, 0.2) is 45.1 Å². The number of rotatable bonds is 12. The second kappa shape index (κ2) is 14.0. The van der Waals surface area contributed by atoms with Crippen molar-refractivity contribution in [1.82, 2.24) is 29.3 Å². The van der Waals surface area contributed by atoms with E-state index in [1.807, 2.05) is 0 Å². The van der Waals surface area contributed by atoms with Crippen LogP contribution >= 0.6 is 0 Å². The van der Waals surface area contributed by atoms with E-state index in [2.05, 4.69) is 45.0 Å². The first kappa shape index (κ1) is 36.4. The fourth-order valence-corrected chi connectivity index (χ4v) is 5.41. The summed E-state index contributed by atoms with van der Waals surface area (Å²) in [6.45, 7) is 7.50. The lowest BCUT2D eigenvalue weighted by atomic mass is 10.1. The summed E-state index contributed by atoms with van der Waals surface area (Å²) in [5, 5.41) is 6.21. The Hall–Kier alpha value is -4.39. The summed E-state index contributed by atoms with van der Waals surface area (Å²) in [5.41, 5.74) is -6.71. The van der Waals surface area contributed by atoms with E-state index in [0.29, 0.717) is 17.1 Å². The minimum atomic E-state index is -5.00. The number of anilines is 1. The maximum Gasteiger partial charge on any atom is 0.423 e. The molecule has 0 aliphatic carbocycles. The third-order valence-electron chi connectivity index (χ3n) is 7.25. The fraction of sp³-hybridized carbons (Fsp3) is 0.448. The molecule has 1 aromatic carbocycles. The highest BCUT2D eigenvalue weighted by atomic mass is 28.3. The number of hydrogen-bond acceptors (Lipinski definition) is 8. The third kappa shape index (κ3) is 8.74. The van der Waals surface area contributed by atoms with E-state index in [0.717, 1.165) is 28.9 Å². The van der Waals surface area contributed by atoms with Crippen molar-refractivity contribution in [2.24, 2.45) is 0 Å². The number of nitrogens with one attached hydrogen (secondary N) is 2. The van der Waals surface area contributed by atoms with Gasteiger partial charge in [0.05, 0.1) is 33.9 Å². The van der Waals surface area contributed by atoms with Crippen molar-refractivity contribution in [3.63, 3.8) is 0 Å². The Morgan fingerprint density at radius 1 is 0.979 bits per heavy atom. The Kier molecular flexibility index (Phi) is 10.6. The molecule has 0 aliphatic rings. The van der Waals surface area contributed by atoms with Crippen molar-refractivity contribution in [1.29, 1.82) is 0 Å². The molecule has 260 valence electrons. The van der Waals surface area contributed by atoms with E-state index in [1.165, 1.54) is 0 Å². The zero-order valence-electron chi connectivity index (χ0n) is 26.2. The van der Waals surface area contributed by atoms with Crippen LogP contribution in [0.3, 0.4) is 0 Å². The average Bonchev–Trinajstić information content (AvgIpc) is 2.96. The molecule has 1 atom stereocenters. The second-order valence-corrected chi connectivity index (χ2v) is 18.0. The number of H-pyrrole nitrogens is 1. The number of aromatic amines is 1. The van der Waals surface area contributed by atoms with Crippen LogP contribution in [0.1, 0.15) is 30.9 Å². The molecular formula is C29H32F7N7O4Si. The highest BCUT2D eigenvalue weighted by molar-refractivity contribution is 6.76. The highest BCUT2D eigenvalue weighted by Crippen LogP contribution is 2.32. The van der Waals surface area contributed by atoms with Gasteiger partial charge in [0.25, 0.3) is 11.1 Å². The smallest absolute Gasteiger partial charge is 0.381 e. The van der Waals surface area contributed by atoms with Crippen LogP contribution in [0.25, 0.3) is 22.3 Å². The molecule has 0 aliphatic heterocycles. The van der Waals surface area contributed by atoms with Crippen LogP contribution in [-0.2, 0) is 30.4 Å². The van der Waals surface area contributed by atoms with E-state index in [1.54, 1.807) is 6.92 Å². The van der Waals surface area contributed by atoms with E-state index >= 15 is 0 Å². The third-order valence-corrected chi connectivity index (χ3v) is 8.95. The summed E-state index contributed by atoms with van der Waals surface area (Å²) in [7, 11) is -1.46. The molecule has 2 N–H and O–H groups in total. The van der Waals surface area contributed by atoms with Crippen molar-refractivity contribution < 1.29 is 35.5 Å². The number of halogens is 7. The van der Waals surface area contributed by atoms with Crippen LogP contribution in [0, 0.1) is 5.82 Å². The van der Waals surface area contributed by atoms with Crippen molar-refractivity contribution in [2.45, 2.75) is 77.1 Å². The molecule has 1 unspecified atom stereocenters. The largest absolute Gasteiger partial charge is 0.423 e. The summed E-state index contributed by atoms with van der Waals surface area (Å²) in [4.78, 5) is 48.0. The first-order chi connectivity index (χ1) is 22.3. The van der Waals surface area contributed by atoms with Crippen molar-refractivity contribution in [2.75, 3.05) is 11.9 Å². The van der Waals surface area contributed by atoms with E-state index in [9.17, 15) is 45.1 Å². The zero-order chi connectivity index (χ0) is 35.6. The lowest BCUT2D eigenvalue weighted by Gasteiger charge is -2.20. The summed E-state index contributed by atoms with van der Waals surface area (Å²) in [6, 6.07) is 1.92. The van der Waals surface area contributed by atoms with Gasteiger partial charge in [0.15, 0.2) is 5.82 Å². The molecule has 0 amide bonds. The average molecular weight is 704 g/mol. The number of fused-ring (bicyclic) bond motifs is 1. The quantitative estimate of drug-likeness (QED) is 0.113. The monoisotopic (exact) mass is 703 g/mol. The Morgan fingerprint density at radius 3 is 2.25 bits per heavy atom. The van der Waals surface area contributed by atoms with E-state index < -0.39 is 78.5 Å². The Balaban J connectivity index is 1.46. The number of hydrogen-bond donors (Lipinski definition) is 2. The molecule has 48 heavy (non-hydrogen) atoms. The SMILES string of the molecule is CC(CCCn1c(=O)[nH]c2cc(-c3ncc(C(F)(F)F)cn3)c(F)cc2c1=O)Nc1cnn(COCC[Si](C)(C)C)c(=O)c1C(F)(F)F. The lowest BCUT2D eigenvalue weighted by molar-refractivity contribution is -0.139. The van der Waals surface area contributed by atoms with Crippen molar-refractivity contribution >= 4 is 24.7 Å². The maximum absolute atomic E-state index is 14.9. The van der Waals surface area contributed by atoms with Gasteiger partial charge in [0.1, 0.15) is 18.1 Å². The number of alkyl halides is 6. The molecule has 3 heterocycles. The topological polar surface area (TPSA) is 137 Å². The van der Waals surface area contributed by atoms with Gasteiger partial charge >= 0.3 is 18.0 Å². The van der Waals surface area contributed by atoms with Crippen LogP contribution in [0.2, 0.25) is 25.7 Å². The molecular weight excluding hydrogens is 671 g/mol. The number of benzene rings is 1. The highest BCUT2D eigenvalue weighted by Gasteiger charge is 2.38. The fourth-order valence-electron chi connectivity index (χ4n) is 4.65. The molecule has 0 saturated carbocycles. The number of ether oxygens (including phenoxy) is 1. The molecule has 11 nitrogen and oxygen atoms in total. The molecule has 0 spiro atoms. The zero-order valence-corrected chi connectivity index (χ0v) is 27.2. The van der Waals surface area contributed by atoms with Gasteiger partial charge in [-0.05, 0) is 37.9 Å². The van der Waals surface area contributed by atoms with Gasteiger partial charge in [-0.15, -0.1) is 0 Å². The van der Waals surface area contributed by atoms with Crippen LogP contribution < -0.4 is 22.1 Å². The predicted molar refractivity (Wildman–Crippen MR) is 165 cm³/mol. The van der Waals surface area contributed by atoms with Crippen molar-refractivity contribution in [3.05, 3.63) is 78.9 Å². The molecule has 4 rings (SSSR count). The summed E-state index contributed by atoms with van der Waals surface area (Å²) >= 11 is 0. The first-order valence-electron chi connectivity index (χ1n) is 14.6. The van der Waals surface area contributed by atoms with Crippen LogP contribution in [-0.4, -0.2) is 50.0 Å². The molecule has 0 bridgehead atoms. The number of aromatic nitrogens is 6. The summed E-state index contributed by atoms with van der Waals surface area (Å²) in [6.07, 6.45) is -7.62. The summed E-state index contributed by atoms with van der Waals surface area (Å²) < 4.78 is 102. The maximum atomic E-state index is 14.9. The van der Waals surface area contributed by atoms with E-state index in [4.69, 9.17) is 4.74 Å². The van der Waals surface area contributed by atoms with E-state index in [-0.39, 0.29) is 42.5 Å².